The van der Waals surface area contributed by atoms with Crippen LogP contribution >= 0.6 is 0 Å². The van der Waals surface area contributed by atoms with Crippen molar-refractivity contribution < 1.29 is 0 Å². The predicted octanol–water partition coefficient (Wildman–Crippen LogP) is 8.56. The zero-order valence-corrected chi connectivity index (χ0v) is 23.2. The molecule has 5 aromatic carbocycles. The lowest BCUT2D eigenvalue weighted by molar-refractivity contribution is 1.13. The van der Waals surface area contributed by atoms with Gasteiger partial charge >= 0.3 is 0 Å². The van der Waals surface area contributed by atoms with E-state index in [2.05, 4.69) is 62.7 Å². The van der Waals surface area contributed by atoms with Crippen molar-refractivity contribution in [1.29, 1.82) is 15.8 Å². The van der Waals surface area contributed by atoms with Crippen LogP contribution in [0.4, 0.5) is 0 Å². The fourth-order valence-electron chi connectivity index (χ4n) is 6.33. The molecule has 0 radical (unpaired) electrons. The van der Waals surface area contributed by atoms with Crippen molar-refractivity contribution in [3.05, 3.63) is 138 Å². The van der Waals surface area contributed by atoms with Crippen molar-refractivity contribution in [3.63, 3.8) is 0 Å². The summed E-state index contributed by atoms with van der Waals surface area (Å²) >= 11 is 0. The molecule has 8 aromatic rings. The summed E-state index contributed by atoms with van der Waals surface area (Å²) in [5, 5.41) is 33.1. The van der Waals surface area contributed by atoms with Gasteiger partial charge in [-0.1, -0.05) is 30.3 Å². The van der Waals surface area contributed by atoms with Crippen LogP contribution in [0.3, 0.4) is 0 Å². The molecule has 0 N–H and O–H groups in total. The molecular weight excluding hydrogens is 540 g/mol. The Hall–Kier alpha value is -6.68. The Kier molecular flexibility index (Phi) is 5.53. The molecule has 3 aromatic heterocycles. The largest absolute Gasteiger partial charge is 0.309 e. The molecule has 0 bridgehead atoms. The first kappa shape index (κ1) is 25.1. The van der Waals surface area contributed by atoms with E-state index in [9.17, 15) is 15.8 Å². The molecule has 0 spiro atoms. The van der Waals surface area contributed by atoms with E-state index >= 15 is 0 Å². The van der Waals surface area contributed by atoms with E-state index in [0.717, 1.165) is 66.1 Å². The molecule has 0 aliphatic rings. The average molecular weight is 561 g/mol. The van der Waals surface area contributed by atoms with Crippen molar-refractivity contribution in [1.82, 2.24) is 14.1 Å². The number of benzene rings is 5. The standard InChI is InChI=1S/C38H20N6/c39-20-24-4-3-5-27(14-24)28-17-29(19-30(18-28)44-35-7-2-1-6-31(35)32-12-13-42-23-38(32)44)43-36-10-8-25(21-40)15-33(36)34-16-26(22-41)9-11-37(34)43/h1-19,23H. The number of rotatable bonds is 3. The summed E-state index contributed by atoms with van der Waals surface area (Å²) in [6.45, 7) is 0. The van der Waals surface area contributed by atoms with Crippen molar-refractivity contribution in [2.45, 2.75) is 0 Å². The summed E-state index contributed by atoms with van der Waals surface area (Å²) in [6, 6.07) is 42.6. The molecule has 44 heavy (non-hydrogen) atoms. The first-order valence-electron chi connectivity index (χ1n) is 14.0. The Balaban J connectivity index is 1.51. The number of nitriles is 3. The van der Waals surface area contributed by atoms with Gasteiger partial charge in [-0.3, -0.25) is 4.98 Å². The van der Waals surface area contributed by atoms with Gasteiger partial charge in [-0.2, -0.15) is 15.8 Å². The molecule has 6 heteroatoms. The smallest absolute Gasteiger partial charge is 0.0991 e. The number of hydrogen-bond acceptors (Lipinski definition) is 4. The minimum atomic E-state index is 0.555. The van der Waals surface area contributed by atoms with Gasteiger partial charge in [0, 0.05) is 39.1 Å². The Bertz CT molecular complexity index is 2470. The van der Waals surface area contributed by atoms with Crippen LogP contribution in [0.2, 0.25) is 0 Å². The molecule has 0 amide bonds. The topological polar surface area (TPSA) is 94.1 Å². The molecule has 3 heterocycles. The molecule has 0 atom stereocenters. The van der Waals surface area contributed by atoms with Crippen LogP contribution < -0.4 is 0 Å². The fraction of sp³-hybridized carbons (Fsp3) is 0. The highest BCUT2D eigenvalue weighted by atomic mass is 15.0. The second-order valence-corrected chi connectivity index (χ2v) is 10.7. The van der Waals surface area contributed by atoms with E-state index in [-0.39, 0.29) is 0 Å². The SMILES string of the molecule is N#Cc1cccc(-c2cc(-n3c4ccc(C#N)cc4c4cc(C#N)ccc43)cc(-n3c4ccccc4c4ccncc43)c2)c1. The van der Waals surface area contributed by atoms with Crippen molar-refractivity contribution >= 4 is 43.6 Å². The molecule has 0 aliphatic heterocycles. The summed E-state index contributed by atoms with van der Waals surface area (Å²) in [6.07, 6.45) is 3.71. The molecule has 6 nitrogen and oxygen atoms in total. The highest BCUT2D eigenvalue weighted by Gasteiger charge is 2.18. The third-order valence-electron chi connectivity index (χ3n) is 8.24. The first-order chi connectivity index (χ1) is 21.7. The Labute approximate surface area is 252 Å². The number of hydrogen-bond donors (Lipinski definition) is 0. The lowest BCUT2D eigenvalue weighted by Gasteiger charge is -2.16. The highest BCUT2D eigenvalue weighted by Crippen LogP contribution is 2.38. The van der Waals surface area contributed by atoms with E-state index in [4.69, 9.17) is 0 Å². The quantitative estimate of drug-likeness (QED) is 0.216. The van der Waals surface area contributed by atoms with Crippen LogP contribution in [0, 0.1) is 34.0 Å². The highest BCUT2D eigenvalue weighted by molar-refractivity contribution is 6.11. The predicted molar refractivity (Wildman–Crippen MR) is 172 cm³/mol. The summed E-state index contributed by atoms with van der Waals surface area (Å²) in [5.41, 5.74) is 9.30. The summed E-state index contributed by atoms with van der Waals surface area (Å²) in [4.78, 5) is 4.47. The Morgan fingerprint density at radius 2 is 1.05 bits per heavy atom. The average Bonchev–Trinajstić information content (AvgIpc) is 3.60. The van der Waals surface area contributed by atoms with Gasteiger partial charge in [0.15, 0.2) is 0 Å². The van der Waals surface area contributed by atoms with Gasteiger partial charge in [0.1, 0.15) is 0 Å². The molecule has 0 fully saturated rings. The Morgan fingerprint density at radius 3 is 1.73 bits per heavy atom. The van der Waals surface area contributed by atoms with Gasteiger partial charge in [-0.05, 0) is 90.0 Å². The van der Waals surface area contributed by atoms with Crippen molar-refractivity contribution in [3.8, 4) is 40.7 Å². The maximum Gasteiger partial charge on any atom is 0.0991 e. The maximum absolute atomic E-state index is 9.67. The van der Waals surface area contributed by atoms with Gasteiger partial charge in [-0.25, -0.2) is 0 Å². The van der Waals surface area contributed by atoms with E-state index in [1.54, 1.807) is 6.07 Å². The van der Waals surface area contributed by atoms with E-state index in [0.29, 0.717) is 16.7 Å². The molecule has 202 valence electrons. The molecule has 0 unspecified atom stereocenters. The lowest BCUT2D eigenvalue weighted by atomic mass is 10.0. The van der Waals surface area contributed by atoms with Crippen LogP contribution in [-0.4, -0.2) is 14.1 Å². The molecule has 8 rings (SSSR count). The van der Waals surface area contributed by atoms with Crippen LogP contribution in [-0.2, 0) is 0 Å². The van der Waals surface area contributed by atoms with Crippen molar-refractivity contribution in [2.75, 3.05) is 0 Å². The second-order valence-electron chi connectivity index (χ2n) is 10.7. The summed E-state index contributed by atoms with van der Waals surface area (Å²) in [7, 11) is 0. The maximum atomic E-state index is 9.67. The van der Waals surface area contributed by atoms with E-state index < -0.39 is 0 Å². The van der Waals surface area contributed by atoms with Crippen LogP contribution in [0.5, 0.6) is 0 Å². The van der Waals surface area contributed by atoms with Crippen LogP contribution in [0.15, 0.2) is 122 Å². The number of aromatic nitrogens is 3. The minimum absolute atomic E-state index is 0.555. The molecule has 0 aliphatic carbocycles. The van der Waals surface area contributed by atoms with Gasteiger partial charge in [-0.15, -0.1) is 0 Å². The Morgan fingerprint density at radius 1 is 0.455 bits per heavy atom. The molecule has 0 saturated heterocycles. The minimum Gasteiger partial charge on any atom is -0.309 e. The molecular formula is C38H20N6. The third-order valence-corrected chi connectivity index (χ3v) is 8.24. The third kappa shape index (κ3) is 3.75. The van der Waals surface area contributed by atoms with Crippen LogP contribution in [0.1, 0.15) is 16.7 Å². The van der Waals surface area contributed by atoms with Gasteiger partial charge in [0.2, 0.25) is 0 Å². The zero-order valence-electron chi connectivity index (χ0n) is 23.2. The normalized spacial score (nSPS) is 11.1. The number of nitrogens with zero attached hydrogens (tertiary/aromatic N) is 6. The number of pyridine rings is 1. The first-order valence-corrected chi connectivity index (χ1v) is 14.0. The van der Waals surface area contributed by atoms with Gasteiger partial charge < -0.3 is 9.13 Å². The zero-order chi connectivity index (χ0) is 29.8. The summed E-state index contributed by atoms with van der Waals surface area (Å²) in [5.74, 6) is 0. The van der Waals surface area contributed by atoms with Gasteiger partial charge in [0.25, 0.3) is 0 Å². The number of fused-ring (bicyclic) bond motifs is 6. The summed E-state index contributed by atoms with van der Waals surface area (Å²) < 4.78 is 4.41. The fourth-order valence-corrected chi connectivity index (χ4v) is 6.33. The van der Waals surface area contributed by atoms with Crippen LogP contribution in [0.25, 0.3) is 66.1 Å². The van der Waals surface area contributed by atoms with E-state index in [1.807, 2.05) is 85.2 Å². The van der Waals surface area contributed by atoms with Gasteiger partial charge in [0.05, 0.1) is 63.2 Å². The number of para-hydroxylation sites is 1. The van der Waals surface area contributed by atoms with E-state index in [1.165, 1.54) is 0 Å². The monoisotopic (exact) mass is 560 g/mol. The molecule has 0 saturated carbocycles. The van der Waals surface area contributed by atoms with Crippen molar-refractivity contribution in [2.24, 2.45) is 0 Å². The lowest BCUT2D eigenvalue weighted by Crippen LogP contribution is -2.00. The second kappa shape index (κ2) is 9.71.